The molecule has 2 aliphatic heterocycles. The van der Waals surface area contributed by atoms with Gasteiger partial charge in [-0.25, -0.2) is 0 Å². The average molecular weight is 253 g/mol. The average Bonchev–Trinajstić information content (AvgIpc) is 2.82. The maximum absolute atomic E-state index is 3.70. The zero-order valence-corrected chi connectivity index (χ0v) is 12.5. The highest BCUT2D eigenvalue weighted by Gasteiger charge is 2.31. The molecular formula is C15H31N3. The SMILES string of the molecule is CN1CCC(C(C)(C)CNCC2CCCN2)CC1. The van der Waals surface area contributed by atoms with Gasteiger partial charge in [-0.2, -0.15) is 0 Å². The lowest BCUT2D eigenvalue weighted by atomic mass is 9.73. The van der Waals surface area contributed by atoms with Crippen LogP contribution in [0.25, 0.3) is 0 Å². The Balaban J connectivity index is 1.69. The van der Waals surface area contributed by atoms with E-state index in [1.807, 2.05) is 0 Å². The van der Waals surface area contributed by atoms with E-state index in [-0.39, 0.29) is 0 Å². The molecule has 1 unspecified atom stereocenters. The van der Waals surface area contributed by atoms with E-state index in [0.717, 1.165) is 18.5 Å². The number of rotatable bonds is 5. The zero-order chi connectivity index (χ0) is 13.0. The molecule has 2 rings (SSSR count). The maximum Gasteiger partial charge on any atom is 0.0192 e. The Kier molecular flexibility index (Phi) is 5.05. The summed E-state index contributed by atoms with van der Waals surface area (Å²) in [6.45, 7) is 11.0. The van der Waals surface area contributed by atoms with E-state index in [4.69, 9.17) is 0 Å². The number of likely N-dealkylation sites (tertiary alicyclic amines) is 1. The standard InChI is InChI=1S/C15H31N3/c1-15(2,13-6-9-18(3)10-7-13)12-16-11-14-5-4-8-17-14/h13-14,16-17H,4-12H2,1-3H3. The van der Waals surface area contributed by atoms with Crippen LogP contribution in [0.2, 0.25) is 0 Å². The second-order valence-electron chi connectivity index (χ2n) is 6.99. The molecular weight excluding hydrogens is 222 g/mol. The predicted octanol–water partition coefficient (Wildman–Crippen LogP) is 1.70. The van der Waals surface area contributed by atoms with Crippen molar-refractivity contribution in [2.45, 2.75) is 45.6 Å². The highest BCUT2D eigenvalue weighted by molar-refractivity contribution is 4.85. The van der Waals surface area contributed by atoms with Gasteiger partial charge in [0.15, 0.2) is 0 Å². The van der Waals surface area contributed by atoms with Crippen LogP contribution in [0.4, 0.5) is 0 Å². The summed E-state index contributed by atoms with van der Waals surface area (Å²) in [5, 5.41) is 7.26. The third kappa shape index (κ3) is 3.94. The highest BCUT2D eigenvalue weighted by atomic mass is 15.1. The minimum Gasteiger partial charge on any atom is -0.315 e. The van der Waals surface area contributed by atoms with Gasteiger partial charge < -0.3 is 15.5 Å². The summed E-state index contributed by atoms with van der Waals surface area (Å²) in [4.78, 5) is 2.46. The Labute approximate surface area is 113 Å². The molecule has 18 heavy (non-hydrogen) atoms. The van der Waals surface area contributed by atoms with E-state index < -0.39 is 0 Å². The van der Waals surface area contributed by atoms with Crippen LogP contribution in [0, 0.1) is 11.3 Å². The number of nitrogens with one attached hydrogen (secondary N) is 2. The van der Waals surface area contributed by atoms with Crippen LogP contribution in [-0.4, -0.2) is 50.7 Å². The monoisotopic (exact) mass is 253 g/mol. The molecule has 2 saturated heterocycles. The van der Waals surface area contributed by atoms with E-state index in [2.05, 4.69) is 36.4 Å². The topological polar surface area (TPSA) is 27.3 Å². The van der Waals surface area contributed by atoms with Crippen LogP contribution in [0.15, 0.2) is 0 Å². The number of hydrogen-bond donors (Lipinski definition) is 2. The first kappa shape index (κ1) is 14.3. The van der Waals surface area contributed by atoms with Crippen LogP contribution in [0.3, 0.4) is 0 Å². The van der Waals surface area contributed by atoms with Gasteiger partial charge in [-0.3, -0.25) is 0 Å². The lowest BCUT2D eigenvalue weighted by Crippen LogP contribution is -2.44. The van der Waals surface area contributed by atoms with Crippen molar-refractivity contribution in [1.29, 1.82) is 0 Å². The Morgan fingerprint density at radius 3 is 2.56 bits per heavy atom. The van der Waals surface area contributed by atoms with E-state index in [0.29, 0.717) is 5.41 Å². The summed E-state index contributed by atoms with van der Waals surface area (Å²) in [6.07, 6.45) is 5.44. The highest BCUT2D eigenvalue weighted by Crippen LogP contribution is 2.34. The third-order valence-electron chi connectivity index (χ3n) is 4.96. The Morgan fingerprint density at radius 2 is 1.94 bits per heavy atom. The van der Waals surface area contributed by atoms with Gasteiger partial charge in [-0.05, 0) is 63.7 Å². The Morgan fingerprint density at radius 1 is 1.22 bits per heavy atom. The molecule has 0 bridgehead atoms. The molecule has 0 saturated carbocycles. The number of piperidine rings is 1. The summed E-state index contributed by atoms with van der Waals surface area (Å²) in [6, 6.07) is 0.721. The largest absolute Gasteiger partial charge is 0.315 e. The van der Waals surface area contributed by atoms with E-state index >= 15 is 0 Å². The Bertz CT molecular complexity index is 238. The van der Waals surface area contributed by atoms with E-state index in [1.54, 1.807) is 0 Å². The predicted molar refractivity (Wildman–Crippen MR) is 77.9 cm³/mol. The minimum atomic E-state index is 0.444. The molecule has 1 atom stereocenters. The normalized spacial score (nSPS) is 27.8. The summed E-state index contributed by atoms with van der Waals surface area (Å²) in [5.41, 5.74) is 0.444. The molecule has 0 aromatic rings. The van der Waals surface area contributed by atoms with Crippen LogP contribution in [-0.2, 0) is 0 Å². The second kappa shape index (κ2) is 6.36. The van der Waals surface area contributed by atoms with Crippen LogP contribution < -0.4 is 10.6 Å². The van der Waals surface area contributed by atoms with Gasteiger partial charge >= 0.3 is 0 Å². The van der Waals surface area contributed by atoms with Crippen molar-refractivity contribution in [2.24, 2.45) is 11.3 Å². The lowest BCUT2D eigenvalue weighted by Gasteiger charge is -2.40. The van der Waals surface area contributed by atoms with Crippen LogP contribution >= 0.6 is 0 Å². The van der Waals surface area contributed by atoms with Gasteiger partial charge in [0.05, 0.1) is 0 Å². The first-order valence-corrected chi connectivity index (χ1v) is 7.70. The van der Waals surface area contributed by atoms with Crippen molar-refractivity contribution in [1.82, 2.24) is 15.5 Å². The summed E-state index contributed by atoms with van der Waals surface area (Å²) < 4.78 is 0. The first-order valence-electron chi connectivity index (χ1n) is 7.70. The zero-order valence-electron chi connectivity index (χ0n) is 12.5. The van der Waals surface area contributed by atoms with Crippen LogP contribution in [0.5, 0.6) is 0 Å². The summed E-state index contributed by atoms with van der Waals surface area (Å²) in [5.74, 6) is 0.887. The molecule has 106 valence electrons. The molecule has 2 N–H and O–H groups in total. The van der Waals surface area contributed by atoms with Crippen molar-refractivity contribution in [3.63, 3.8) is 0 Å². The molecule has 3 nitrogen and oxygen atoms in total. The molecule has 2 fully saturated rings. The van der Waals surface area contributed by atoms with E-state index in [9.17, 15) is 0 Å². The van der Waals surface area contributed by atoms with Crippen molar-refractivity contribution >= 4 is 0 Å². The molecule has 0 aromatic carbocycles. The fourth-order valence-corrected chi connectivity index (χ4v) is 3.43. The van der Waals surface area contributed by atoms with Gasteiger partial charge in [0.2, 0.25) is 0 Å². The van der Waals surface area contributed by atoms with Crippen molar-refractivity contribution in [3.8, 4) is 0 Å². The summed E-state index contributed by atoms with van der Waals surface area (Å²) >= 11 is 0. The smallest absolute Gasteiger partial charge is 0.0192 e. The molecule has 2 heterocycles. The molecule has 3 heteroatoms. The van der Waals surface area contributed by atoms with Gasteiger partial charge in [0.1, 0.15) is 0 Å². The fourth-order valence-electron chi connectivity index (χ4n) is 3.43. The second-order valence-corrected chi connectivity index (χ2v) is 6.99. The van der Waals surface area contributed by atoms with Gasteiger partial charge in [0.25, 0.3) is 0 Å². The number of hydrogen-bond acceptors (Lipinski definition) is 3. The van der Waals surface area contributed by atoms with Crippen molar-refractivity contribution < 1.29 is 0 Å². The quantitative estimate of drug-likeness (QED) is 0.781. The van der Waals surface area contributed by atoms with E-state index in [1.165, 1.54) is 51.9 Å². The van der Waals surface area contributed by atoms with Crippen molar-refractivity contribution in [2.75, 3.05) is 39.8 Å². The Hall–Kier alpha value is -0.120. The molecule has 2 aliphatic rings. The van der Waals surface area contributed by atoms with Gasteiger partial charge in [-0.1, -0.05) is 13.8 Å². The fraction of sp³-hybridized carbons (Fsp3) is 1.00. The van der Waals surface area contributed by atoms with Crippen molar-refractivity contribution in [3.05, 3.63) is 0 Å². The molecule has 0 spiro atoms. The maximum atomic E-state index is 3.70. The summed E-state index contributed by atoms with van der Waals surface area (Å²) in [7, 11) is 2.24. The third-order valence-corrected chi connectivity index (χ3v) is 4.96. The minimum absolute atomic E-state index is 0.444. The molecule has 0 aromatic heterocycles. The van der Waals surface area contributed by atoms with Gasteiger partial charge in [-0.15, -0.1) is 0 Å². The van der Waals surface area contributed by atoms with Crippen LogP contribution in [0.1, 0.15) is 39.5 Å². The van der Waals surface area contributed by atoms with Gasteiger partial charge in [0, 0.05) is 19.1 Å². The molecule has 0 aliphatic carbocycles. The molecule has 0 radical (unpaired) electrons. The number of nitrogens with zero attached hydrogens (tertiary/aromatic N) is 1. The first-order chi connectivity index (χ1) is 8.58. The lowest BCUT2D eigenvalue weighted by molar-refractivity contribution is 0.113. The molecule has 0 amide bonds.